The molecule has 0 saturated carbocycles. The summed E-state index contributed by atoms with van der Waals surface area (Å²) in [6.45, 7) is 1.49. The Labute approximate surface area is 132 Å². The number of nitrogens with one attached hydrogen (secondary N) is 1. The van der Waals surface area contributed by atoms with Gasteiger partial charge in [0.1, 0.15) is 0 Å². The Hall–Kier alpha value is -2.09. The number of carbonyl (C=O) groups is 2. The molecule has 0 saturated heterocycles. The number of carbonyl (C=O) groups excluding carboxylic acids is 2. The molecular weight excluding hydrogens is 313 g/mol. The highest BCUT2D eigenvalue weighted by atomic mass is 19.4. The van der Waals surface area contributed by atoms with Crippen molar-refractivity contribution in [1.29, 1.82) is 0 Å². The van der Waals surface area contributed by atoms with Gasteiger partial charge in [-0.25, -0.2) is 0 Å². The number of alkyl halides is 3. The lowest BCUT2D eigenvalue weighted by Gasteiger charge is -2.22. The molecule has 0 aromatic heterocycles. The minimum Gasteiger partial charge on any atom is -0.382 e. The van der Waals surface area contributed by atoms with Crippen LogP contribution < -0.4 is 5.32 Å². The van der Waals surface area contributed by atoms with Gasteiger partial charge in [0.2, 0.25) is 0 Å². The molecule has 8 heteroatoms. The molecule has 0 aliphatic heterocycles. The number of hydrogen-bond acceptors (Lipinski definition) is 3. The summed E-state index contributed by atoms with van der Waals surface area (Å²) in [6.07, 6.45) is -6.66. The van der Waals surface area contributed by atoms with Crippen molar-refractivity contribution in [2.45, 2.75) is 25.6 Å². The van der Waals surface area contributed by atoms with Crippen LogP contribution in [0.5, 0.6) is 0 Å². The number of nitrogens with zero attached hydrogens (tertiary/aromatic N) is 1. The Balaban J connectivity index is 2.82. The van der Waals surface area contributed by atoms with Crippen molar-refractivity contribution in [2.75, 3.05) is 20.1 Å². The molecule has 1 atom stereocenters. The second kappa shape index (κ2) is 7.96. The first-order valence-electron chi connectivity index (χ1n) is 7.05. The summed E-state index contributed by atoms with van der Waals surface area (Å²) in [5.74, 6) is -1.07. The Kier molecular flexibility index (Phi) is 6.56. The van der Waals surface area contributed by atoms with E-state index in [-0.39, 0.29) is 17.0 Å². The lowest BCUT2D eigenvalue weighted by Crippen LogP contribution is -2.41. The van der Waals surface area contributed by atoms with Crippen molar-refractivity contribution >= 4 is 11.8 Å². The fraction of sp³-hybridized carbons (Fsp3) is 0.467. The first kappa shape index (κ1) is 19.0. The topological polar surface area (TPSA) is 69.6 Å². The molecule has 128 valence electrons. The van der Waals surface area contributed by atoms with E-state index in [0.29, 0.717) is 6.54 Å². The zero-order valence-electron chi connectivity index (χ0n) is 12.9. The van der Waals surface area contributed by atoms with Crippen LogP contribution in [0.2, 0.25) is 0 Å². The number of rotatable bonds is 6. The van der Waals surface area contributed by atoms with Gasteiger partial charge < -0.3 is 15.3 Å². The van der Waals surface area contributed by atoms with Gasteiger partial charge in [-0.2, -0.15) is 13.2 Å². The van der Waals surface area contributed by atoms with Gasteiger partial charge in [-0.05, 0) is 24.6 Å². The van der Waals surface area contributed by atoms with Gasteiger partial charge in [-0.3, -0.25) is 9.59 Å². The van der Waals surface area contributed by atoms with Gasteiger partial charge >= 0.3 is 6.18 Å². The SMILES string of the molecule is CCCNC(=O)c1cccc(C(=O)N(C)CC(O)C(F)(F)F)c1. The quantitative estimate of drug-likeness (QED) is 0.835. The summed E-state index contributed by atoms with van der Waals surface area (Å²) in [6, 6.07) is 5.69. The summed E-state index contributed by atoms with van der Waals surface area (Å²) in [5, 5.41) is 11.7. The van der Waals surface area contributed by atoms with Crippen molar-refractivity contribution in [2.24, 2.45) is 0 Å². The zero-order valence-corrected chi connectivity index (χ0v) is 12.9. The van der Waals surface area contributed by atoms with Crippen LogP contribution in [0.4, 0.5) is 13.2 Å². The molecule has 0 aliphatic carbocycles. The first-order valence-corrected chi connectivity index (χ1v) is 7.05. The molecule has 2 amide bonds. The maximum absolute atomic E-state index is 12.3. The van der Waals surface area contributed by atoms with Crippen molar-refractivity contribution in [1.82, 2.24) is 10.2 Å². The minimum atomic E-state index is -4.80. The number of hydrogen-bond donors (Lipinski definition) is 2. The third-order valence-corrected chi connectivity index (χ3v) is 3.08. The van der Waals surface area contributed by atoms with E-state index in [1.54, 1.807) is 0 Å². The fourth-order valence-corrected chi connectivity index (χ4v) is 1.80. The van der Waals surface area contributed by atoms with Crippen molar-refractivity contribution < 1.29 is 27.9 Å². The molecule has 2 N–H and O–H groups in total. The van der Waals surface area contributed by atoms with Crippen LogP contribution in [-0.2, 0) is 0 Å². The van der Waals surface area contributed by atoms with E-state index >= 15 is 0 Å². The second-order valence-corrected chi connectivity index (χ2v) is 5.08. The first-order chi connectivity index (χ1) is 10.7. The normalized spacial score (nSPS) is 12.6. The van der Waals surface area contributed by atoms with Crippen molar-refractivity contribution in [3.8, 4) is 0 Å². The lowest BCUT2D eigenvalue weighted by molar-refractivity contribution is -0.205. The average molecular weight is 332 g/mol. The maximum Gasteiger partial charge on any atom is 0.416 e. The average Bonchev–Trinajstić information content (AvgIpc) is 2.50. The Morgan fingerprint density at radius 3 is 2.48 bits per heavy atom. The third kappa shape index (κ3) is 5.55. The van der Waals surface area contributed by atoms with Gasteiger partial charge in [-0.15, -0.1) is 0 Å². The second-order valence-electron chi connectivity index (χ2n) is 5.08. The van der Waals surface area contributed by atoms with Gasteiger partial charge in [0.05, 0.1) is 6.54 Å². The minimum absolute atomic E-state index is 0.0750. The molecule has 1 rings (SSSR count). The molecule has 0 aliphatic rings. The molecule has 23 heavy (non-hydrogen) atoms. The molecule has 1 aromatic carbocycles. The highest BCUT2D eigenvalue weighted by Crippen LogP contribution is 2.21. The van der Waals surface area contributed by atoms with Crippen LogP contribution in [0.15, 0.2) is 24.3 Å². The van der Waals surface area contributed by atoms with E-state index < -0.39 is 24.7 Å². The van der Waals surface area contributed by atoms with Crippen LogP contribution in [-0.4, -0.2) is 54.2 Å². The number of benzene rings is 1. The molecule has 0 heterocycles. The summed E-state index contributed by atoms with van der Waals surface area (Å²) < 4.78 is 37.0. The molecular formula is C15H19F3N2O3. The predicted octanol–water partition coefficient (Wildman–Crippen LogP) is 1.82. The number of likely N-dealkylation sites (N-methyl/N-ethyl adjacent to an activating group) is 1. The molecule has 0 radical (unpaired) electrons. The van der Waals surface area contributed by atoms with E-state index in [4.69, 9.17) is 5.11 Å². The maximum atomic E-state index is 12.3. The molecule has 1 unspecified atom stereocenters. The Bertz CT molecular complexity index is 561. The van der Waals surface area contributed by atoms with Crippen LogP contribution in [0.25, 0.3) is 0 Å². The van der Waals surface area contributed by atoms with E-state index in [1.165, 1.54) is 24.3 Å². The monoisotopic (exact) mass is 332 g/mol. The van der Waals surface area contributed by atoms with Crippen LogP contribution in [0.3, 0.4) is 0 Å². The molecule has 0 bridgehead atoms. The molecule has 1 aromatic rings. The van der Waals surface area contributed by atoms with Crippen LogP contribution in [0.1, 0.15) is 34.1 Å². The summed E-state index contributed by atoms with van der Waals surface area (Å²) in [7, 11) is 1.15. The van der Waals surface area contributed by atoms with Gasteiger partial charge in [0.25, 0.3) is 11.8 Å². The smallest absolute Gasteiger partial charge is 0.382 e. The number of halogens is 3. The van der Waals surface area contributed by atoms with E-state index in [2.05, 4.69) is 5.32 Å². The number of aliphatic hydroxyl groups excluding tert-OH is 1. The lowest BCUT2D eigenvalue weighted by atomic mass is 10.1. The van der Waals surface area contributed by atoms with Crippen molar-refractivity contribution in [3.05, 3.63) is 35.4 Å². The summed E-state index contributed by atoms with van der Waals surface area (Å²) in [5.41, 5.74) is 0.320. The van der Waals surface area contributed by atoms with Gasteiger partial charge in [0.15, 0.2) is 6.10 Å². The molecule has 0 fully saturated rings. The standard InChI is InChI=1S/C15H19F3N2O3/c1-3-7-19-13(22)10-5-4-6-11(8-10)14(23)20(2)9-12(21)15(16,17)18/h4-6,8,12,21H,3,7,9H2,1-2H3,(H,19,22). The van der Waals surface area contributed by atoms with Gasteiger partial charge in [-0.1, -0.05) is 13.0 Å². The Morgan fingerprint density at radius 2 is 1.91 bits per heavy atom. The highest BCUT2D eigenvalue weighted by Gasteiger charge is 2.39. The molecule has 0 spiro atoms. The van der Waals surface area contributed by atoms with E-state index in [9.17, 15) is 22.8 Å². The summed E-state index contributed by atoms with van der Waals surface area (Å²) >= 11 is 0. The van der Waals surface area contributed by atoms with E-state index in [1.807, 2.05) is 6.92 Å². The zero-order chi connectivity index (χ0) is 17.6. The summed E-state index contributed by atoms with van der Waals surface area (Å²) in [4.78, 5) is 24.7. The fourth-order valence-electron chi connectivity index (χ4n) is 1.80. The van der Waals surface area contributed by atoms with E-state index in [0.717, 1.165) is 18.4 Å². The van der Waals surface area contributed by atoms with Crippen LogP contribution in [0, 0.1) is 0 Å². The van der Waals surface area contributed by atoms with Crippen LogP contribution >= 0.6 is 0 Å². The third-order valence-electron chi connectivity index (χ3n) is 3.08. The number of aliphatic hydroxyl groups is 1. The van der Waals surface area contributed by atoms with Gasteiger partial charge in [0, 0.05) is 24.7 Å². The Morgan fingerprint density at radius 1 is 1.30 bits per heavy atom. The van der Waals surface area contributed by atoms with Crippen molar-refractivity contribution in [3.63, 3.8) is 0 Å². The number of amides is 2. The largest absolute Gasteiger partial charge is 0.416 e. The highest BCUT2D eigenvalue weighted by molar-refractivity contribution is 5.99. The predicted molar refractivity (Wildman–Crippen MR) is 78.1 cm³/mol. The molecule has 5 nitrogen and oxygen atoms in total.